The molecule has 0 spiro atoms. The van der Waals surface area contributed by atoms with Gasteiger partial charge in [0.05, 0.1) is 29.5 Å². The normalized spacial score (nSPS) is 15.0. The Kier molecular flexibility index (Phi) is 8.88. The predicted octanol–water partition coefficient (Wildman–Crippen LogP) is 8.32. The number of ether oxygens (including phenoxy) is 3. The average molecular weight is 684 g/mol. The third-order valence-corrected chi connectivity index (χ3v) is 7.84. The van der Waals surface area contributed by atoms with Crippen LogP contribution in [0.5, 0.6) is 17.2 Å². The number of rotatable bonds is 8. The number of hydrogen-bond acceptors (Lipinski definition) is 6. The van der Waals surface area contributed by atoms with Crippen LogP contribution < -0.4 is 24.8 Å². The standard InChI is InChI=1S/C35H27F6N3O5/c1-47-29-12-9-21(22-8-5-13-44(19-22)18-20-6-3-2-4-7-20)14-25(29)33(46)43-28-17-31-30(48-35(40,41)49-31)16-24(28)32(45)42-23-10-11-27(36)26(15-23)34(37,38)39/h2-4,6-7,9-12,14-17,19H,5,8,13,18H2,1H3,(H,42,45)(H,43,46). The zero-order chi connectivity index (χ0) is 34.9. The average Bonchev–Trinajstić information content (AvgIpc) is 3.37. The number of amides is 2. The molecule has 2 aliphatic heterocycles. The van der Waals surface area contributed by atoms with Crippen molar-refractivity contribution in [3.63, 3.8) is 0 Å². The van der Waals surface area contributed by atoms with E-state index in [1.165, 1.54) is 7.11 Å². The van der Waals surface area contributed by atoms with Gasteiger partial charge in [-0.05, 0) is 65.9 Å². The van der Waals surface area contributed by atoms with Crippen LogP contribution in [0.4, 0.5) is 37.7 Å². The minimum Gasteiger partial charge on any atom is -0.496 e. The maximum atomic E-state index is 13.9. The predicted molar refractivity (Wildman–Crippen MR) is 167 cm³/mol. The molecule has 0 saturated heterocycles. The molecule has 0 fully saturated rings. The summed E-state index contributed by atoms with van der Waals surface area (Å²) >= 11 is 0. The number of methoxy groups -OCH3 is 1. The van der Waals surface area contributed by atoms with Gasteiger partial charge in [0.25, 0.3) is 11.8 Å². The van der Waals surface area contributed by atoms with Crippen molar-refractivity contribution in [2.45, 2.75) is 31.9 Å². The topological polar surface area (TPSA) is 89.1 Å². The summed E-state index contributed by atoms with van der Waals surface area (Å²) in [6.07, 6.45) is -5.52. The lowest BCUT2D eigenvalue weighted by atomic mass is 9.96. The lowest BCUT2D eigenvalue weighted by Gasteiger charge is -2.27. The van der Waals surface area contributed by atoms with Crippen molar-refractivity contribution in [3.05, 3.63) is 119 Å². The first-order valence-electron chi connectivity index (χ1n) is 14.9. The van der Waals surface area contributed by atoms with Crippen LogP contribution in [0.25, 0.3) is 5.57 Å². The minimum atomic E-state index is -5.06. The van der Waals surface area contributed by atoms with Crippen LogP contribution in [0.2, 0.25) is 0 Å². The van der Waals surface area contributed by atoms with Gasteiger partial charge in [-0.25, -0.2) is 4.39 Å². The fourth-order valence-electron chi connectivity index (χ4n) is 5.56. The van der Waals surface area contributed by atoms with Crippen molar-refractivity contribution in [1.82, 2.24) is 4.90 Å². The van der Waals surface area contributed by atoms with Gasteiger partial charge in [-0.1, -0.05) is 36.4 Å². The van der Waals surface area contributed by atoms with E-state index in [-0.39, 0.29) is 17.0 Å². The summed E-state index contributed by atoms with van der Waals surface area (Å²) in [6, 6.07) is 18.5. The van der Waals surface area contributed by atoms with Gasteiger partial charge >= 0.3 is 12.5 Å². The molecule has 49 heavy (non-hydrogen) atoms. The van der Waals surface area contributed by atoms with Gasteiger partial charge in [-0.3, -0.25) is 9.59 Å². The largest absolute Gasteiger partial charge is 0.586 e. The fourth-order valence-corrected chi connectivity index (χ4v) is 5.56. The van der Waals surface area contributed by atoms with Crippen LogP contribution in [-0.4, -0.2) is 36.7 Å². The number of fused-ring (bicyclic) bond motifs is 1. The lowest BCUT2D eigenvalue weighted by Crippen LogP contribution is -2.25. The molecule has 0 radical (unpaired) electrons. The molecule has 0 saturated carbocycles. The summed E-state index contributed by atoms with van der Waals surface area (Å²) in [6.45, 7) is 1.53. The third kappa shape index (κ3) is 7.42. The van der Waals surface area contributed by atoms with Crippen LogP contribution in [-0.2, 0) is 12.7 Å². The Labute approximate surface area is 275 Å². The molecule has 0 bridgehead atoms. The number of allylic oxidation sites excluding steroid dienone is 1. The van der Waals surface area contributed by atoms with Gasteiger partial charge in [0, 0.05) is 31.0 Å². The van der Waals surface area contributed by atoms with Gasteiger partial charge in [0.1, 0.15) is 11.6 Å². The maximum Gasteiger partial charge on any atom is 0.586 e. The number of benzene rings is 4. The van der Waals surface area contributed by atoms with E-state index in [2.05, 4.69) is 25.0 Å². The highest BCUT2D eigenvalue weighted by atomic mass is 19.4. The zero-order valence-corrected chi connectivity index (χ0v) is 25.7. The van der Waals surface area contributed by atoms with E-state index in [9.17, 15) is 35.9 Å². The second-order valence-electron chi connectivity index (χ2n) is 11.2. The number of carbonyl (C=O) groups excluding carboxylic acids is 2. The van der Waals surface area contributed by atoms with Crippen molar-refractivity contribution in [2.75, 3.05) is 24.3 Å². The summed E-state index contributed by atoms with van der Waals surface area (Å²) in [5, 5.41) is 4.69. The van der Waals surface area contributed by atoms with Crippen LogP contribution >= 0.6 is 0 Å². The fraction of sp³-hybridized carbons (Fsp3) is 0.200. The lowest BCUT2D eigenvalue weighted by molar-refractivity contribution is -0.286. The van der Waals surface area contributed by atoms with Gasteiger partial charge in [0.15, 0.2) is 11.5 Å². The summed E-state index contributed by atoms with van der Waals surface area (Å²) in [5.41, 5.74) is -0.0134. The molecule has 4 aromatic rings. The summed E-state index contributed by atoms with van der Waals surface area (Å²) in [4.78, 5) is 29.3. The first-order valence-corrected chi connectivity index (χ1v) is 14.9. The molecule has 2 aliphatic rings. The number of nitrogens with one attached hydrogen (secondary N) is 2. The molecule has 2 N–H and O–H groups in total. The van der Waals surface area contributed by atoms with Gasteiger partial charge in [-0.15, -0.1) is 8.78 Å². The molecule has 4 aromatic carbocycles. The molecule has 14 heteroatoms. The number of halogens is 6. The maximum absolute atomic E-state index is 13.9. The van der Waals surface area contributed by atoms with Crippen molar-refractivity contribution >= 4 is 28.8 Å². The number of alkyl halides is 5. The van der Waals surface area contributed by atoms with E-state index in [0.29, 0.717) is 18.7 Å². The Hall–Kier alpha value is -5.66. The second-order valence-corrected chi connectivity index (χ2v) is 11.2. The zero-order valence-electron chi connectivity index (χ0n) is 25.7. The Morgan fingerprint density at radius 2 is 1.61 bits per heavy atom. The Morgan fingerprint density at radius 3 is 2.33 bits per heavy atom. The van der Waals surface area contributed by atoms with E-state index in [1.807, 2.05) is 36.5 Å². The van der Waals surface area contributed by atoms with E-state index in [0.717, 1.165) is 54.3 Å². The van der Waals surface area contributed by atoms with Gasteiger partial charge in [0.2, 0.25) is 0 Å². The molecular formula is C35H27F6N3O5. The van der Waals surface area contributed by atoms with E-state index < -0.39 is 58.4 Å². The molecular weight excluding hydrogens is 656 g/mol. The monoisotopic (exact) mass is 683 g/mol. The SMILES string of the molecule is COc1ccc(C2=CN(Cc3ccccc3)CCC2)cc1C(=O)Nc1cc2c(cc1C(=O)Nc1ccc(F)c(C(F)(F)F)c1)OC(F)(F)O2. The number of carbonyl (C=O) groups is 2. The number of hydrogen-bond donors (Lipinski definition) is 2. The smallest absolute Gasteiger partial charge is 0.496 e. The molecule has 254 valence electrons. The molecule has 2 heterocycles. The van der Waals surface area contributed by atoms with Crippen LogP contribution in [0.1, 0.15) is 50.2 Å². The van der Waals surface area contributed by atoms with Gasteiger partial charge < -0.3 is 29.7 Å². The highest BCUT2D eigenvalue weighted by molar-refractivity contribution is 6.14. The molecule has 0 aliphatic carbocycles. The van der Waals surface area contributed by atoms with Crippen LogP contribution in [0.3, 0.4) is 0 Å². The highest BCUT2D eigenvalue weighted by Gasteiger charge is 2.44. The van der Waals surface area contributed by atoms with Gasteiger partial charge in [-0.2, -0.15) is 13.2 Å². The van der Waals surface area contributed by atoms with E-state index >= 15 is 0 Å². The molecule has 0 atom stereocenters. The van der Waals surface area contributed by atoms with Crippen LogP contribution in [0, 0.1) is 5.82 Å². The second kappa shape index (κ2) is 13.1. The summed E-state index contributed by atoms with van der Waals surface area (Å²) < 4.78 is 95.9. The highest BCUT2D eigenvalue weighted by Crippen LogP contribution is 2.44. The molecule has 6 rings (SSSR count). The van der Waals surface area contributed by atoms with Crippen molar-refractivity contribution in [2.24, 2.45) is 0 Å². The molecule has 0 aromatic heterocycles. The summed E-state index contributed by atoms with van der Waals surface area (Å²) in [7, 11) is 1.35. The first-order chi connectivity index (χ1) is 23.3. The molecule has 8 nitrogen and oxygen atoms in total. The quantitative estimate of drug-likeness (QED) is 0.182. The number of anilines is 2. The van der Waals surface area contributed by atoms with E-state index in [1.54, 1.807) is 18.2 Å². The third-order valence-electron chi connectivity index (χ3n) is 7.84. The molecule has 2 amide bonds. The Balaban J connectivity index is 1.30. The van der Waals surface area contributed by atoms with Crippen molar-refractivity contribution in [3.8, 4) is 17.2 Å². The minimum absolute atomic E-state index is 0.0452. The van der Waals surface area contributed by atoms with Crippen molar-refractivity contribution < 1.29 is 50.1 Å². The number of nitrogens with zero attached hydrogens (tertiary/aromatic N) is 1. The first kappa shape index (κ1) is 33.2. The van der Waals surface area contributed by atoms with Crippen molar-refractivity contribution in [1.29, 1.82) is 0 Å². The molecule has 0 unspecified atom stereocenters. The Morgan fingerprint density at radius 1 is 0.898 bits per heavy atom. The Bertz CT molecular complexity index is 1950. The van der Waals surface area contributed by atoms with Crippen LogP contribution in [0.15, 0.2) is 85.1 Å². The van der Waals surface area contributed by atoms with E-state index in [4.69, 9.17) is 4.74 Å². The summed E-state index contributed by atoms with van der Waals surface area (Å²) in [5.74, 6) is -4.38.